The molecule has 1 saturated heterocycles. The van der Waals surface area contributed by atoms with Crippen molar-refractivity contribution in [1.29, 1.82) is 0 Å². The lowest BCUT2D eigenvalue weighted by molar-refractivity contribution is -0.132. The Labute approximate surface area is 139 Å². The van der Waals surface area contributed by atoms with Crippen LogP contribution in [0.25, 0.3) is 0 Å². The zero-order chi connectivity index (χ0) is 15.4. The second kappa shape index (κ2) is 7.40. The number of hydrogen-bond acceptors (Lipinski definition) is 3. The summed E-state index contributed by atoms with van der Waals surface area (Å²) in [5.41, 5.74) is 6.41. The minimum absolute atomic E-state index is 0.100. The van der Waals surface area contributed by atoms with Gasteiger partial charge in [0.1, 0.15) is 0 Å². The predicted octanol–water partition coefficient (Wildman–Crippen LogP) is 1.97. The minimum atomic E-state index is 0.100. The van der Waals surface area contributed by atoms with Crippen molar-refractivity contribution in [3.05, 3.63) is 33.8 Å². The zero-order valence-corrected chi connectivity index (χ0v) is 13.8. The molecule has 1 aliphatic rings. The van der Waals surface area contributed by atoms with E-state index in [1.54, 1.807) is 12.1 Å². The molecular weight excluding hydrogens is 329 g/mol. The van der Waals surface area contributed by atoms with Gasteiger partial charge in [0.25, 0.3) is 0 Å². The normalized spacial score (nSPS) is 16.0. The maximum Gasteiger partial charge on any atom is 0.227 e. The van der Waals surface area contributed by atoms with E-state index >= 15 is 0 Å². The molecule has 114 valence electrons. The van der Waals surface area contributed by atoms with Crippen molar-refractivity contribution in [3.8, 4) is 0 Å². The van der Waals surface area contributed by atoms with Gasteiger partial charge in [-0.2, -0.15) is 0 Å². The van der Waals surface area contributed by atoms with Gasteiger partial charge in [-0.3, -0.25) is 9.69 Å². The summed E-state index contributed by atoms with van der Waals surface area (Å²) in [6.07, 6.45) is 0.339. The molecule has 1 fully saturated rings. The predicted molar refractivity (Wildman–Crippen MR) is 90.0 cm³/mol. The van der Waals surface area contributed by atoms with E-state index in [-0.39, 0.29) is 5.91 Å². The van der Waals surface area contributed by atoms with Crippen molar-refractivity contribution < 1.29 is 4.79 Å². The van der Waals surface area contributed by atoms with E-state index in [2.05, 4.69) is 4.90 Å². The van der Waals surface area contributed by atoms with Crippen LogP contribution >= 0.6 is 35.4 Å². The molecule has 0 unspecified atom stereocenters. The minimum Gasteiger partial charge on any atom is -0.392 e. The van der Waals surface area contributed by atoms with Crippen LogP contribution in [0.1, 0.15) is 5.56 Å². The first kappa shape index (κ1) is 16.5. The molecule has 1 aromatic carbocycles. The molecule has 1 amide bonds. The molecule has 2 N–H and O–H groups in total. The van der Waals surface area contributed by atoms with E-state index in [0.717, 1.165) is 18.7 Å². The number of carbonyl (C=O) groups excluding carboxylic acids is 1. The summed E-state index contributed by atoms with van der Waals surface area (Å²) in [5, 5.41) is 0.975. The first-order valence-electron chi connectivity index (χ1n) is 6.68. The van der Waals surface area contributed by atoms with E-state index in [9.17, 15) is 4.79 Å². The Bertz CT molecular complexity index is 545. The number of piperazine rings is 1. The zero-order valence-electron chi connectivity index (χ0n) is 11.5. The van der Waals surface area contributed by atoms with E-state index in [1.807, 2.05) is 11.0 Å². The fourth-order valence-electron chi connectivity index (χ4n) is 2.31. The Morgan fingerprint density at radius 3 is 2.43 bits per heavy atom. The van der Waals surface area contributed by atoms with Gasteiger partial charge in [-0.15, -0.1) is 0 Å². The van der Waals surface area contributed by atoms with Gasteiger partial charge in [0, 0.05) is 32.7 Å². The SMILES string of the molecule is NC(=S)CN1CCN(C(=O)Cc2ccc(Cl)c(Cl)c2)CC1. The molecule has 0 radical (unpaired) electrons. The Hall–Kier alpha value is -0.880. The number of nitrogens with zero attached hydrogens (tertiary/aromatic N) is 2. The third kappa shape index (κ3) is 4.81. The Morgan fingerprint density at radius 1 is 1.19 bits per heavy atom. The highest BCUT2D eigenvalue weighted by Gasteiger charge is 2.21. The fraction of sp³-hybridized carbons (Fsp3) is 0.429. The third-order valence-corrected chi connectivity index (χ3v) is 4.31. The van der Waals surface area contributed by atoms with E-state index in [0.29, 0.717) is 41.1 Å². The number of carbonyl (C=O) groups is 1. The summed E-state index contributed by atoms with van der Waals surface area (Å²) in [6.45, 7) is 3.60. The summed E-state index contributed by atoms with van der Waals surface area (Å²) in [6, 6.07) is 5.28. The summed E-state index contributed by atoms with van der Waals surface area (Å²) >= 11 is 16.7. The Morgan fingerprint density at radius 2 is 1.86 bits per heavy atom. The molecule has 1 aromatic rings. The maximum atomic E-state index is 12.3. The lowest BCUT2D eigenvalue weighted by atomic mass is 10.1. The molecule has 1 aliphatic heterocycles. The third-order valence-electron chi connectivity index (χ3n) is 3.44. The van der Waals surface area contributed by atoms with Gasteiger partial charge in [-0.25, -0.2) is 0 Å². The molecule has 21 heavy (non-hydrogen) atoms. The van der Waals surface area contributed by atoms with Crippen molar-refractivity contribution >= 4 is 46.3 Å². The topological polar surface area (TPSA) is 49.6 Å². The van der Waals surface area contributed by atoms with Crippen LogP contribution in [0.5, 0.6) is 0 Å². The largest absolute Gasteiger partial charge is 0.392 e. The molecule has 0 saturated carbocycles. The highest BCUT2D eigenvalue weighted by atomic mass is 35.5. The van der Waals surface area contributed by atoms with Crippen molar-refractivity contribution in [2.75, 3.05) is 32.7 Å². The summed E-state index contributed by atoms with van der Waals surface area (Å²) in [4.78, 5) is 16.8. The van der Waals surface area contributed by atoms with Crippen LogP contribution in [0.2, 0.25) is 10.0 Å². The molecule has 2 rings (SSSR count). The summed E-state index contributed by atoms with van der Waals surface area (Å²) < 4.78 is 0. The van der Waals surface area contributed by atoms with Crippen molar-refractivity contribution in [2.24, 2.45) is 5.73 Å². The smallest absolute Gasteiger partial charge is 0.227 e. The number of halogens is 2. The van der Waals surface area contributed by atoms with Gasteiger partial charge < -0.3 is 10.6 Å². The molecule has 1 heterocycles. The van der Waals surface area contributed by atoms with Gasteiger partial charge in [0.2, 0.25) is 5.91 Å². The van der Waals surface area contributed by atoms with Crippen molar-refractivity contribution in [1.82, 2.24) is 9.80 Å². The van der Waals surface area contributed by atoms with E-state index in [4.69, 9.17) is 41.2 Å². The molecule has 0 aromatic heterocycles. The number of thiocarbonyl (C=S) groups is 1. The molecule has 0 spiro atoms. The quantitative estimate of drug-likeness (QED) is 0.847. The van der Waals surface area contributed by atoms with Gasteiger partial charge >= 0.3 is 0 Å². The molecular formula is C14H17Cl2N3OS. The number of nitrogens with two attached hydrogens (primary N) is 1. The standard InChI is InChI=1S/C14H17Cl2N3OS/c15-11-2-1-10(7-12(11)16)8-14(20)19-5-3-18(4-6-19)9-13(17)21/h1-2,7H,3-6,8-9H2,(H2,17,21). The fourth-order valence-corrected chi connectivity index (χ4v) is 2.82. The Kier molecular flexibility index (Phi) is 5.81. The first-order valence-corrected chi connectivity index (χ1v) is 7.84. The van der Waals surface area contributed by atoms with Crippen molar-refractivity contribution in [3.63, 3.8) is 0 Å². The lowest BCUT2D eigenvalue weighted by Gasteiger charge is -2.34. The number of rotatable bonds is 4. The molecule has 0 bridgehead atoms. The van der Waals surface area contributed by atoms with Crippen LogP contribution in [0.3, 0.4) is 0 Å². The van der Waals surface area contributed by atoms with Gasteiger partial charge in [-0.1, -0.05) is 41.5 Å². The number of hydrogen-bond donors (Lipinski definition) is 1. The molecule has 7 heteroatoms. The van der Waals surface area contributed by atoms with Crippen LogP contribution < -0.4 is 5.73 Å². The monoisotopic (exact) mass is 345 g/mol. The van der Waals surface area contributed by atoms with Gasteiger partial charge in [0.15, 0.2) is 0 Å². The van der Waals surface area contributed by atoms with Crippen LogP contribution in [0, 0.1) is 0 Å². The van der Waals surface area contributed by atoms with Crippen LogP contribution in [0.15, 0.2) is 18.2 Å². The first-order chi connectivity index (χ1) is 9.95. The van der Waals surface area contributed by atoms with E-state index in [1.165, 1.54) is 0 Å². The second-order valence-corrected chi connectivity index (χ2v) is 6.39. The van der Waals surface area contributed by atoms with E-state index < -0.39 is 0 Å². The second-order valence-electron chi connectivity index (χ2n) is 5.05. The highest BCUT2D eigenvalue weighted by Crippen LogP contribution is 2.23. The van der Waals surface area contributed by atoms with Crippen molar-refractivity contribution in [2.45, 2.75) is 6.42 Å². The summed E-state index contributed by atoms with van der Waals surface area (Å²) in [7, 11) is 0. The van der Waals surface area contributed by atoms with Crippen LogP contribution in [-0.2, 0) is 11.2 Å². The van der Waals surface area contributed by atoms with Crippen LogP contribution in [-0.4, -0.2) is 53.4 Å². The lowest BCUT2D eigenvalue weighted by Crippen LogP contribution is -2.50. The maximum absolute atomic E-state index is 12.3. The van der Waals surface area contributed by atoms with Crippen LogP contribution in [0.4, 0.5) is 0 Å². The Balaban J connectivity index is 1.87. The number of benzene rings is 1. The average molecular weight is 346 g/mol. The van der Waals surface area contributed by atoms with Gasteiger partial charge in [0.05, 0.1) is 21.5 Å². The summed E-state index contributed by atoms with van der Waals surface area (Å²) in [5.74, 6) is 0.100. The molecule has 0 atom stereocenters. The van der Waals surface area contributed by atoms with Gasteiger partial charge in [-0.05, 0) is 17.7 Å². The molecule has 0 aliphatic carbocycles. The molecule has 4 nitrogen and oxygen atoms in total. The number of amides is 1. The highest BCUT2D eigenvalue weighted by molar-refractivity contribution is 7.80. The average Bonchev–Trinajstić information content (AvgIpc) is 2.43.